The molecule has 1 aliphatic rings. The fourth-order valence-corrected chi connectivity index (χ4v) is 4.35. The molecule has 2 nitrogen and oxygen atoms in total. The molecule has 1 amide bonds. The van der Waals surface area contributed by atoms with E-state index in [1.165, 1.54) is 11.1 Å². The molecule has 1 aromatic carbocycles. The highest BCUT2D eigenvalue weighted by Gasteiger charge is 2.51. The van der Waals surface area contributed by atoms with E-state index in [0.717, 1.165) is 12.1 Å². The van der Waals surface area contributed by atoms with Crippen molar-refractivity contribution >= 4 is 23.2 Å². The van der Waals surface area contributed by atoms with E-state index in [1.54, 1.807) is 0 Å². The van der Waals surface area contributed by atoms with E-state index < -0.39 is 5.41 Å². The maximum absolute atomic E-state index is 13.3. The third-order valence-electron chi connectivity index (χ3n) is 5.15. The molecule has 0 aromatic heterocycles. The van der Waals surface area contributed by atoms with Crippen LogP contribution in [0.25, 0.3) is 0 Å². The molecule has 0 radical (unpaired) electrons. The molecule has 24 heavy (non-hydrogen) atoms. The van der Waals surface area contributed by atoms with Crippen LogP contribution in [-0.2, 0) is 4.79 Å². The van der Waals surface area contributed by atoms with Gasteiger partial charge in [0.2, 0.25) is 5.91 Å². The van der Waals surface area contributed by atoms with Crippen molar-refractivity contribution in [1.29, 1.82) is 0 Å². The normalized spacial score (nSPS) is 23.2. The number of amides is 1. The van der Waals surface area contributed by atoms with Gasteiger partial charge >= 0.3 is 0 Å². The van der Waals surface area contributed by atoms with E-state index in [0.29, 0.717) is 11.8 Å². The molecular weight excluding hydrogens is 318 g/mol. The molecule has 0 aliphatic carbocycles. The fraction of sp³-hybridized carbons (Fsp3) is 0.667. The average molecular weight is 350 g/mol. The predicted molar refractivity (Wildman–Crippen MR) is 104 cm³/mol. The van der Waals surface area contributed by atoms with Crippen LogP contribution in [0.5, 0.6) is 0 Å². The molecule has 0 N–H and O–H groups in total. The number of rotatable bonds is 3. The Hall–Kier alpha value is -1.02. The highest BCUT2D eigenvalue weighted by Crippen LogP contribution is 2.50. The Morgan fingerprint density at radius 3 is 1.92 bits per heavy atom. The number of hydrogen-bond acceptors (Lipinski definition) is 1. The molecule has 0 spiro atoms. The van der Waals surface area contributed by atoms with Crippen LogP contribution < -0.4 is 4.90 Å². The third-order valence-corrected chi connectivity index (χ3v) is 5.94. The lowest BCUT2D eigenvalue weighted by atomic mass is 9.70. The van der Waals surface area contributed by atoms with Crippen LogP contribution in [0.1, 0.15) is 84.8 Å². The number of carbonyl (C=O) groups is 1. The van der Waals surface area contributed by atoms with Gasteiger partial charge in [-0.05, 0) is 29.4 Å². The molecule has 1 aliphatic heterocycles. The summed E-state index contributed by atoms with van der Waals surface area (Å²) in [5.41, 5.74) is 2.55. The van der Waals surface area contributed by atoms with E-state index in [4.69, 9.17) is 11.6 Å². The smallest absolute Gasteiger partial charge is 0.233 e. The van der Waals surface area contributed by atoms with Crippen LogP contribution >= 0.6 is 11.6 Å². The minimum atomic E-state index is -0.409. The Morgan fingerprint density at radius 1 is 1.04 bits per heavy atom. The summed E-state index contributed by atoms with van der Waals surface area (Å²) in [5.74, 6) is 0.809. The number of nitrogens with zero attached hydrogens (tertiary/aromatic N) is 1. The first-order valence-corrected chi connectivity index (χ1v) is 9.44. The first-order chi connectivity index (χ1) is 10.9. The number of anilines is 1. The molecular formula is C21H32ClNO. The number of carbonyl (C=O) groups excluding carboxylic acids is 1. The van der Waals surface area contributed by atoms with Crippen LogP contribution in [-0.4, -0.2) is 11.4 Å². The molecule has 1 saturated heterocycles. The van der Waals surface area contributed by atoms with Crippen molar-refractivity contribution in [2.75, 3.05) is 4.90 Å². The van der Waals surface area contributed by atoms with Crippen molar-refractivity contribution in [3.63, 3.8) is 0 Å². The summed E-state index contributed by atoms with van der Waals surface area (Å²) in [6.07, 6.45) is 0.796. The van der Waals surface area contributed by atoms with E-state index in [-0.39, 0.29) is 16.8 Å². The summed E-state index contributed by atoms with van der Waals surface area (Å²) in [7, 11) is 0. The lowest BCUT2D eigenvalue weighted by Gasteiger charge is -2.50. The van der Waals surface area contributed by atoms with Gasteiger partial charge in [-0.3, -0.25) is 9.69 Å². The van der Waals surface area contributed by atoms with Gasteiger partial charge in [-0.2, -0.15) is 0 Å². The summed E-state index contributed by atoms with van der Waals surface area (Å²) in [5, 5.41) is 0. The minimum Gasteiger partial charge on any atom is -0.294 e. The summed E-state index contributed by atoms with van der Waals surface area (Å²) < 4.78 is 0. The standard InChI is InChI=1S/C21H32ClNO/c1-13(2)15-10-9-11-16(14(3)4)17(15)23-18(22)20(5,6)12-21(7,8)19(23)24/h9-11,13-14,18H,12H2,1-8H3/t18-/m1/s1. The predicted octanol–water partition coefficient (Wildman–Crippen LogP) is 6.29. The second-order valence-electron chi connectivity index (χ2n) is 9.15. The van der Waals surface area contributed by atoms with Crippen LogP contribution in [0, 0.1) is 10.8 Å². The molecule has 134 valence electrons. The van der Waals surface area contributed by atoms with Crippen molar-refractivity contribution in [1.82, 2.24) is 0 Å². The molecule has 1 aromatic rings. The first kappa shape index (κ1) is 19.3. The van der Waals surface area contributed by atoms with Gasteiger partial charge in [-0.25, -0.2) is 0 Å². The number of halogens is 1. The van der Waals surface area contributed by atoms with Gasteiger partial charge in [0.1, 0.15) is 5.50 Å². The lowest BCUT2D eigenvalue weighted by Crippen LogP contribution is -2.57. The third kappa shape index (κ3) is 3.22. The number of alkyl halides is 1. The number of benzene rings is 1. The highest BCUT2D eigenvalue weighted by atomic mass is 35.5. The zero-order valence-corrected chi connectivity index (χ0v) is 17.2. The number of hydrogen-bond donors (Lipinski definition) is 0. The maximum atomic E-state index is 13.3. The van der Waals surface area contributed by atoms with E-state index in [2.05, 4.69) is 59.7 Å². The van der Waals surface area contributed by atoms with Crippen molar-refractivity contribution < 1.29 is 4.79 Å². The van der Waals surface area contributed by atoms with Crippen LogP contribution in [0.2, 0.25) is 0 Å². The SMILES string of the molecule is CC(C)c1cccc(C(C)C)c1N1C(=O)C(C)(C)CC(C)(C)[C@@H]1Cl. The van der Waals surface area contributed by atoms with Crippen molar-refractivity contribution in [2.45, 2.75) is 79.1 Å². The molecule has 0 unspecified atom stereocenters. The quantitative estimate of drug-likeness (QED) is 0.464. The molecule has 1 heterocycles. The van der Waals surface area contributed by atoms with Gasteiger partial charge in [0.05, 0.1) is 5.69 Å². The van der Waals surface area contributed by atoms with Gasteiger partial charge in [0.15, 0.2) is 0 Å². The van der Waals surface area contributed by atoms with Gasteiger partial charge in [0.25, 0.3) is 0 Å². The Kier molecular flexibility index (Phi) is 5.12. The molecule has 0 bridgehead atoms. The molecule has 1 fully saturated rings. The van der Waals surface area contributed by atoms with Gasteiger partial charge in [0, 0.05) is 10.8 Å². The van der Waals surface area contributed by atoms with E-state index in [9.17, 15) is 4.79 Å². The number of piperidine rings is 1. The fourth-order valence-electron chi connectivity index (χ4n) is 4.08. The second kappa shape index (κ2) is 6.37. The first-order valence-electron chi connectivity index (χ1n) is 9.00. The zero-order valence-electron chi connectivity index (χ0n) is 16.4. The zero-order chi connectivity index (χ0) is 18.4. The summed E-state index contributed by atoms with van der Waals surface area (Å²) in [4.78, 5) is 15.2. The Bertz CT molecular complexity index is 604. The van der Waals surface area contributed by atoms with Crippen LogP contribution in [0.15, 0.2) is 18.2 Å². The van der Waals surface area contributed by atoms with Crippen molar-refractivity contribution in [2.24, 2.45) is 10.8 Å². The van der Waals surface area contributed by atoms with Crippen LogP contribution in [0.3, 0.4) is 0 Å². The Balaban J connectivity index is 2.74. The van der Waals surface area contributed by atoms with E-state index in [1.807, 2.05) is 18.7 Å². The Labute approximate surface area is 152 Å². The van der Waals surface area contributed by atoms with E-state index >= 15 is 0 Å². The second-order valence-corrected chi connectivity index (χ2v) is 9.57. The molecule has 0 saturated carbocycles. The Morgan fingerprint density at radius 2 is 1.50 bits per heavy atom. The lowest BCUT2D eigenvalue weighted by molar-refractivity contribution is -0.131. The maximum Gasteiger partial charge on any atom is 0.233 e. The summed E-state index contributed by atoms with van der Waals surface area (Å²) in [6, 6.07) is 6.37. The highest BCUT2D eigenvalue weighted by molar-refractivity contribution is 6.26. The molecule has 3 heteroatoms. The molecule has 2 rings (SSSR count). The minimum absolute atomic E-state index is 0.136. The largest absolute Gasteiger partial charge is 0.294 e. The van der Waals surface area contributed by atoms with Gasteiger partial charge in [-0.15, -0.1) is 0 Å². The monoisotopic (exact) mass is 349 g/mol. The topological polar surface area (TPSA) is 20.3 Å². The van der Waals surface area contributed by atoms with Crippen molar-refractivity contribution in [3.05, 3.63) is 29.3 Å². The number of para-hydroxylation sites is 1. The van der Waals surface area contributed by atoms with Crippen LogP contribution in [0.4, 0.5) is 5.69 Å². The van der Waals surface area contributed by atoms with Gasteiger partial charge in [-0.1, -0.05) is 85.2 Å². The summed E-state index contributed by atoms with van der Waals surface area (Å²) >= 11 is 6.89. The summed E-state index contributed by atoms with van der Waals surface area (Å²) in [6.45, 7) is 17.1. The van der Waals surface area contributed by atoms with Gasteiger partial charge < -0.3 is 0 Å². The molecule has 1 atom stereocenters. The van der Waals surface area contributed by atoms with Crippen molar-refractivity contribution in [3.8, 4) is 0 Å². The average Bonchev–Trinajstić information content (AvgIpc) is 2.44.